The second-order valence-electron chi connectivity index (χ2n) is 4.57. The van der Waals surface area contributed by atoms with E-state index in [2.05, 4.69) is 37.8 Å². The van der Waals surface area contributed by atoms with Crippen molar-refractivity contribution < 1.29 is 0 Å². The Hall–Kier alpha value is -0.300. The maximum Gasteiger partial charge on any atom is 0.0163 e. The third-order valence-corrected chi connectivity index (χ3v) is 2.58. The number of rotatable bonds is 2. The molecule has 1 nitrogen and oxygen atoms in total. The zero-order chi connectivity index (χ0) is 9.03. The second kappa shape index (κ2) is 4.08. The predicted octanol–water partition coefficient (Wildman–Crippen LogP) is 2.68. The third kappa shape index (κ3) is 2.98. The Bertz CT molecular complexity index is 158. The monoisotopic (exact) mass is 167 g/mol. The molecule has 1 aliphatic heterocycles. The standard InChI is InChI=1S/C11H21N/c1-4-5-8-12-9-6-7-11(2,3)10-12/h4-5H,6-10H2,1-3H3/b5-4+. The summed E-state index contributed by atoms with van der Waals surface area (Å²) in [5.41, 5.74) is 0.541. The van der Waals surface area contributed by atoms with Crippen LogP contribution in [0.4, 0.5) is 0 Å². The van der Waals surface area contributed by atoms with Crippen LogP contribution < -0.4 is 0 Å². The van der Waals surface area contributed by atoms with E-state index in [0.29, 0.717) is 5.41 Å². The molecule has 0 bridgehead atoms. The Kier molecular flexibility index (Phi) is 3.33. The van der Waals surface area contributed by atoms with Crippen LogP contribution in [0.2, 0.25) is 0 Å². The highest BCUT2D eigenvalue weighted by atomic mass is 15.1. The predicted molar refractivity (Wildman–Crippen MR) is 54.3 cm³/mol. The first-order valence-corrected chi connectivity index (χ1v) is 4.97. The Labute approximate surface area is 76.5 Å². The summed E-state index contributed by atoms with van der Waals surface area (Å²) in [4.78, 5) is 2.55. The van der Waals surface area contributed by atoms with E-state index in [0.717, 1.165) is 6.54 Å². The Balaban J connectivity index is 2.36. The van der Waals surface area contributed by atoms with Crippen LogP contribution in [0.5, 0.6) is 0 Å². The minimum absolute atomic E-state index is 0.541. The van der Waals surface area contributed by atoms with Gasteiger partial charge in [-0.25, -0.2) is 0 Å². The van der Waals surface area contributed by atoms with Gasteiger partial charge in [0.05, 0.1) is 0 Å². The van der Waals surface area contributed by atoms with Gasteiger partial charge in [-0.1, -0.05) is 26.0 Å². The molecule has 12 heavy (non-hydrogen) atoms. The zero-order valence-electron chi connectivity index (χ0n) is 8.64. The fourth-order valence-corrected chi connectivity index (χ4v) is 1.95. The van der Waals surface area contributed by atoms with E-state index in [1.54, 1.807) is 0 Å². The van der Waals surface area contributed by atoms with Gasteiger partial charge in [0.25, 0.3) is 0 Å². The molecule has 0 aromatic rings. The molecule has 1 aliphatic rings. The molecule has 1 heterocycles. The Morgan fingerprint density at radius 1 is 1.42 bits per heavy atom. The van der Waals surface area contributed by atoms with Crippen molar-refractivity contribution in [1.82, 2.24) is 4.90 Å². The van der Waals surface area contributed by atoms with Gasteiger partial charge >= 0.3 is 0 Å². The summed E-state index contributed by atoms with van der Waals surface area (Å²) in [5.74, 6) is 0. The van der Waals surface area contributed by atoms with Crippen LogP contribution in [-0.4, -0.2) is 24.5 Å². The van der Waals surface area contributed by atoms with E-state index in [1.165, 1.54) is 25.9 Å². The van der Waals surface area contributed by atoms with Gasteiger partial charge in [0.1, 0.15) is 0 Å². The lowest BCUT2D eigenvalue weighted by Gasteiger charge is -2.37. The molecule has 1 saturated heterocycles. The lowest BCUT2D eigenvalue weighted by molar-refractivity contribution is 0.129. The van der Waals surface area contributed by atoms with Gasteiger partial charge in [-0.3, -0.25) is 4.90 Å². The molecule has 0 aromatic heterocycles. The van der Waals surface area contributed by atoms with Crippen LogP contribution in [0.3, 0.4) is 0 Å². The van der Waals surface area contributed by atoms with Crippen LogP contribution in [-0.2, 0) is 0 Å². The van der Waals surface area contributed by atoms with Crippen molar-refractivity contribution in [2.75, 3.05) is 19.6 Å². The van der Waals surface area contributed by atoms with Crippen molar-refractivity contribution >= 4 is 0 Å². The van der Waals surface area contributed by atoms with Gasteiger partial charge in [-0.2, -0.15) is 0 Å². The quantitative estimate of drug-likeness (QED) is 0.572. The summed E-state index contributed by atoms with van der Waals surface area (Å²) in [5, 5.41) is 0. The molecule has 0 atom stereocenters. The molecule has 1 rings (SSSR count). The van der Waals surface area contributed by atoms with Crippen molar-refractivity contribution in [3.05, 3.63) is 12.2 Å². The molecule has 1 heteroatoms. The van der Waals surface area contributed by atoms with Crippen LogP contribution >= 0.6 is 0 Å². The van der Waals surface area contributed by atoms with Gasteiger partial charge in [0.2, 0.25) is 0 Å². The average Bonchev–Trinajstić information content (AvgIpc) is 1.99. The van der Waals surface area contributed by atoms with E-state index in [9.17, 15) is 0 Å². The number of piperidine rings is 1. The van der Waals surface area contributed by atoms with E-state index in [4.69, 9.17) is 0 Å². The maximum absolute atomic E-state index is 2.55. The molecular formula is C11H21N. The number of hydrogen-bond donors (Lipinski definition) is 0. The Morgan fingerprint density at radius 3 is 2.75 bits per heavy atom. The summed E-state index contributed by atoms with van der Waals surface area (Å²) >= 11 is 0. The van der Waals surface area contributed by atoms with E-state index in [1.807, 2.05) is 0 Å². The second-order valence-corrected chi connectivity index (χ2v) is 4.57. The van der Waals surface area contributed by atoms with E-state index in [-0.39, 0.29) is 0 Å². The summed E-state index contributed by atoms with van der Waals surface area (Å²) in [6.07, 6.45) is 7.15. The zero-order valence-corrected chi connectivity index (χ0v) is 8.64. The van der Waals surface area contributed by atoms with Crippen molar-refractivity contribution in [2.24, 2.45) is 5.41 Å². The minimum atomic E-state index is 0.541. The van der Waals surface area contributed by atoms with Gasteiger partial charge in [0, 0.05) is 13.1 Å². The molecule has 0 aliphatic carbocycles. The smallest absolute Gasteiger partial charge is 0.0163 e. The fourth-order valence-electron chi connectivity index (χ4n) is 1.95. The van der Waals surface area contributed by atoms with Crippen molar-refractivity contribution in [2.45, 2.75) is 33.6 Å². The molecule has 0 unspecified atom stereocenters. The first-order chi connectivity index (χ1) is 5.64. The summed E-state index contributed by atoms with van der Waals surface area (Å²) in [6.45, 7) is 10.5. The molecule has 0 spiro atoms. The van der Waals surface area contributed by atoms with Crippen molar-refractivity contribution in [1.29, 1.82) is 0 Å². The Morgan fingerprint density at radius 2 is 2.17 bits per heavy atom. The van der Waals surface area contributed by atoms with E-state index < -0.39 is 0 Å². The van der Waals surface area contributed by atoms with Crippen molar-refractivity contribution in [3.63, 3.8) is 0 Å². The van der Waals surface area contributed by atoms with Crippen LogP contribution in [0.1, 0.15) is 33.6 Å². The summed E-state index contributed by atoms with van der Waals surface area (Å²) < 4.78 is 0. The highest BCUT2D eigenvalue weighted by molar-refractivity contribution is 4.86. The van der Waals surface area contributed by atoms with Gasteiger partial charge in [-0.15, -0.1) is 0 Å². The molecular weight excluding hydrogens is 146 g/mol. The fraction of sp³-hybridized carbons (Fsp3) is 0.818. The number of likely N-dealkylation sites (tertiary alicyclic amines) is 1. The first kappa shape index (κ1) is 9.79. The minimum Gasteiger partial charge on any atom is -0.299 e. The normalized spacial score (nSPS) is 24.9. The van der Waals surface area contributed by atoms with Crippen LogP contribution in [0.15, 0.2) is 12.2 Å². The first-order valence-electron chi connectivity index (χ1n) is 4.97. The van der Waals surface area contributed by atoms with E-state index >= 15 is 0 Å². The van der Waals surface area contributed by atoms with Gasteiger partial charge in [0.15, 0.2) is 0 Å². The number of nitrogens with zero attached hydrogens (tertiary/aromatic N) is 1. The van der Waals surface area contributed by atoms with Crippen molar-refractivity contribution in [3.8, 4) is 0 Å². The van der Waals surface area contributed by atoms with Crippen LogP contribution in [0.25, 0.3) is 0 Å². The van der Waals surface area contributed by atoms with Gasteiger partial charge in [-0.05, 0) is 31.7 Å². The molecule has 0 aromatic carbocycles. The van der Waals surface area contributed by atoms with Crippen LogP contribution in [0, 0.1) is 5.41 Å². The molecule has 0 radical (unpaired) electrons. The SMILES string of the molecule is C/C=C/CN1CCCC(C)(C)C1. The molecule has 70 valence electrons. The number of allylic oxidation sites excluding steroid dienone is 1. The average molecular weight is 167 g/mol. The number of hydrogen-bond acceptors (Lipinski definition) is 1. The molecule has 0 saturated carbocycles. The molecule has 0 amide bonds. The highest BCUT2D eigenvalue weighted by Crippen LogP contribution is 2.27. The lowest BCUT2D eigenvalue weighted by Crippen LogP contribution is -2.39. The highest BCUT2D eigenvalue weighted by Gasteiger charge is 2.25. The third-order valence-electron chi connectivity index (χ3n) is 2.58. The molecule has 1 fully saturated rings. The summed E-state index contributed by atoms with van der Waals surface area (Å²) in [7, 11) is 0. The maximum atomic E-state index is 2.55. The largest absolute Gasteiger partial charge is 0.299 e. The molecule has 0 N–H and O–H groups in total. The lowest BCUT2D eigenvalue weighted by atomic mass is 9.84. The topological polar surface area (TPSA) is 3.24 Å². The summed E-state index contributed by atoms with van der Waals surface area (Å²) in [6, 6.07) is 0. The van der Waals surface area contributed by atoms with Gasteiger partial charge < -0.3 is 0 Å².